The second-order valence-corrected chi connectivity index (χ2v) is 7.42. The van der Waals surface area contributed by atoms with Gasteiger partial charge in [0, 0.05) is 7.05 Å². The molecular formula is C18H25N3O3. The second-order valence-electron chi connectivity index (χ2n) is 7.42. The Labute approximate surface area is 142 Å². The Balaban J connectivity index is 1.81. The Morgan fingerprint density at radius 2 is 2.08 bits per heavy atom. The van der Waals surface area contributed by atoms with E-state index >= 15 is 0 Å². The molecule has 0 saturated carbocycles. The standard InChI is InChI=1S/C18H25N3O3/c1-12-9-21(17(22)24-18(2,3)4)10-16(23-12)13-6-7-14-15(8-13)20(5)11-19-14/h6-8,11-12,16H,9-10H2,1-5H3/t12-,16+/m1/s1. The van der Waals surface area contributed by atoms with Crippen molar-refractivity contribution < 1.29 is 14.3 Å². The number of nitrogens with zero attached hydrogens (tertiary/aromatic N) is 3. The molecule has 0 unspecified atom stereocenters. The smallest absolute Gasteiger partial charge is 0.410 e. The molecule has 0 N–H and O–H groups in total. The maximum absolute atomic E-state index is 12.4. The summed E-state index contributed by atoms with van der Waals surface area (Å²) in [7, 11) is 1.97. The zero-order valence-corrected chi connectivity index (χ0v) is 14.9. The summed E-state index contributed by atoms with van der Waals surface area (Å²) in [4.78, 5) is 18.5. The van der Waals surface area contributed by atoms with Crippen LogP contribution < -0.4 is 0 Å². The lowest BCUT2D eigenvalue weighted by atomic mass is 10.1. The quantitative estimate of drug-likeness (QED) is 0.805. The van der Waals surface area contributed by atoms with Crippen LogP contribution in [0.2, 0.25) is 0 Å². The highest BCUT2D eigenvalue weighted by atomic mass is 16.6. The first-order valence-corrected chi connectivity index (χ1v) is 8.27. The fraction of sp³-hybridized carbons (Fsp3) is 0.556. The van der Waals surface area contributed by atoms with Crippen molar-refractivity contribution in [3.05, 3.63) is 30.1 Å². The van der Waals surface area contributed by atoms with Gasteiger partial charge in [0.1, 0.15) is 11.7 Å². The first kappa shape index (κ1) is 16.8. The zero-order valence-electron chi connectivity index (χ0n) is 14.9. The number of hydrogen-bond acceptors (Lipinski definition) is 4. The van der Waals surface area contributed by atoms with Crippen LogP contribution >= 0.6 is 0 Å². The minimum atomic E-state index is -0.498. The Morgan fingerprint density at radius 3 is 2.79 bits per heavy atom. The van der Waals surface area contributed by atoms with Gasteiger partial charge in [0.25, 0.3) is 0 Å². The van der Waals surface area contributed by atoms with Gasteiger partial charge in [-0.1, -0.05) is 6.07 Å². The fourth-order valence-electron chi connectivity index (χ4n) is 2.95. The molecule has 1 aromatic carbocycles. The number of aryl methyl sites for hydroxylation is 1. The van der Waals surface area contributed by atoms with Gasteiger partial charge in [0.05, 0.1) is 36.6 Å². The molecule has 0 spiro atoms. The van der Waals surface area contributed by atoms with E-state index < -0.39 is 5.60 Å². The number of morpholine rings is 1. The fourth-order valence-corrected chi connectivity index (χ4v) is 2.95. The van der Waals surface area contributed by atoms with E-state index in [1.165, 1.54) is 0 Å². The third-order valence-corrected chi connectivity index (χ3v) is 4.03. The van der Waals surface area contributed by atoms with Crippen LogP contribution in [0.3, 0.4) is 0 Å². The van der Waals surface area contributed by atoms with Crippen molar-refractivity contribution in [2.24, 2.45) is 7.05 Å². The molecule has 1 saturated heterocycles. The number of benzene rings is 1. The average Bonchev–Trinajstić information content (AvgIpc) is 2.86. The first-order valence-electron chi connectivity index (χ1n) is 8.27. The van der Waals surface area contributed by atoms with Crippen molar-refractivity contribution in [1.82, 2.24) is 14.5 Å². The van der Waals surface area contributed by atoms with Crippen molar-refractivity contribution in [3.8, 4) is 0 Å². The number of fused-ring (bicyclic) bond motifs is 1. The summed E-state index contributed by atoms with van der Waals surface area (Å²) < 4.78 is 13.6. The number of carbonyl (C=O) groups excluding carboxylic acids is 1. The highest BCUT2D eigenvalue weighted by Crippen LogP contribution is 2.28. The molecule has 2 atom stereocenters. The van der Waals surface area contributed by atoms with Crippen molar-refractivity contribution >= 4 is 17.1 Å². The number of imidazole rings is 1. The number of carbonyl (C=O) groups is 1. The van der Waals surface area contributed by atoms with Gasteiger partial charge < -0.3 is 18.9 Å². The van der Waals surface area contributed by atoms with E-state index in [9.17, 15) is 4.79 Å². The number of amides is 1. The lowest BCUT2D eigenvalue weighted by Gasteiger charge is -2.37. The molecule has 6 heteroatoms. The lowest BCUT2D eigenvalue weighted by Crippen LogP contribution is -2.47. The molecule has 1 amide bonds. The lowest BCUT2D eigenvalue weighted by molar-refractivity contribution is -0.0816. The molecule has 1 fully saturated rings. The average molecular weight is 331 g/mol. The number of rotatable bonds is 1. The topological polar surface area (TPSA) is 56.6 Å². The van der Waals surface area contributed by atoms with Crippen molar-refractivity contribution in [1.29, 1.82) is 0 Å². The van der Waals surface area contributed by atoms with Crippen LogP contribution in [0.15, 0.2) is 24.5 Å². The predicted molar refractivity (Wildman–Crippen MR) is 91.8 cm³/mol. The van der Waals surface area contributed by atoms with Gasteiger partial charge in [-0.05, 0) is 45.4 Å². The molecular weight excluding hydrogens is 306 g/mol. The normalized spacial score (nSPS) is 22.0. The summed E-state index contributed by atoms with van der Waals surface area (Å²) in [6.45, 7) is 8.64. The molecule has 1 aliphatic heterocycles. The second kappa shape index (κ2) is 6.09. The molecule has 1 aromatic heterocycles. The number of ether oxygens (including phenoxy) is 2. The Hall–Kier alpha value is -2.08. The predicted octanol–water partition coefficient (Wildman–Crippen LogP) is 3.27. The summed E-state index contributed by atoms with van der Waals surface area (Å²) in [5, 5.41) is 0. The SMILES string of the molecule is C[C@@H]1CN(C(=O)OC(C)(C)C)C[C@@H](c2ccc3ncn(C)c3c2)O1. The van der Waals surface area contributed by atoms with Gasteiger partial charge in [0.15, 0.2) is 0 Å². The van der Waals surface area contributed by atoms with Gasteiger partial charge in [-0.25, -0.2) is 9.78 Å². The summed E-state index contributed by atoms with van der Waals surface area (Å²) in [6, 6.07) is 6.09. The molecule has 2 heterocycles. The number of aromatic nitrogens is 2. The highest BCUT2D eigenvalue weighted by molar-refractivity contribution is 5.76. The van der Waals surface area contributed by atoms with E-state index in [4.69, 9.17) is 9.47 Å². The molecule has 6 nitrogen and oxygen atoms in total. The van der Waals surface area contributed by atoms with E-state index in [2.05, 4.69) is 11.1 Å². The molecule has 3 rings (SSSR count). The van der Waals surface area contributed by atoms with E-state index in [0.29, 0.717) is 13.1 Å². The molecule has 0 radical (unpaired) electrons. The summed E-state index contributed by atoms with van der Waals surface area (Å²) in [6.07, 6.45) is 1.30. The summed E-state index contributed by atoms with van der Waals surface area (Å²) in [5.41, 5.74) is 2.56. The van der Waals surface area contributed by atoms with Crippen LogP contribution in [0, 0.1) is 0 Å². The van der Waals surface area contributed by atoms with E-state index in [1.807, 2.05) is 51.4 Å². The Bertz CT molecular complexity index is 748. The van der Waals surface area contributed by atoms with Crippen LogP contribution in [0.5, 0.6) is 0 Å². The summed E-state index contributed by atoms with van der Waals surface area (Å²) >= 11 is 0. The minimum Gasteiger partial charge on any atom is -0.444 e. The van der Waals surface area contributed by atoms with Gasteiger partial charge in [-0.3, -0.25) is 0 Å². The zero-order chi connectivity index (χ0) is 17.5. The van der Waals surface area contributed by atoms with Crippen LogP contribution in [-0.4, -0.2) is 45.3 Å². The minimum absolute atomic E-state index is 0.0431. The number of hydrogen-bond donors (Lipinski definition) is 0. The first-order chi connectivity index (χ1) is 11.2. The van der Waals surface area contributed by atoms with Crippen LogP contribution in [-0.2, 0) is 16.5 Å². The molecule has 0 bridgehead atoms. The molecule has 0 aliphatic carbocycles. The van der Waals surface area contributed by atoms with Crippen LogP contribution in [0.1, 0.15) is 39.4 Å². The van der Waals surface area contributed by atoms with Gasteiger partial charge >= 0.3 is 6.09 Å². The van der Waals surface area contributed by atoms with Crippen LogP contribution in [0.4, 0.5) is 4.79 Å². The third-order valence-electron chi connectivity index (χ3n) is 4.03. The van der Waals surface area contributed by atoms with Crippen molar-refractivity contribution in [2.45, 2.75) is 45.5 Å². The highest BCUT2D eigenvalue weighted by Gasteiger charge is 2.32. The third kappa shape index (κ3) is 3.53. The van der Waals surface area contributed by atoms with Gasteiger partial charge in [-0.2, -0.15) is 0 Å². The molecule has 2 aromatic rings. The molecule has 1 aliphatic rings. The van der Waals surface area contributed by atoms with E-state index in [-0.39, 0.29) is 18.3 Å². The Kier molecular flexibility index (Phi) is 4.25. The maximum Gasteiger partial charge on any atom is 0.410 e. The van der Waals surface area contributed by atoms with Gasteiger partial charge in [0.2, 0.25) is 0 Å². The molecule has 130 valence electrons. The largest absolute Gasteiger partial charge is 0.444 e. The summed E-state index contributed by atoms with van der Waals surface area (Å²) in [5.74, 6) is 0. The van der Waals surface area contributed by atoms with Gasteiger partial charge in [-0.15, -0.1) is 0 Å². The maximum atomic E-state index is 12.4. The van der Waals surface area contributed by atoms with E-state index in [0.717, 1.165) is 16.6 Å². The van der Waals surface area contributed by atoms with Crippen molar-refractivity contribution in [3.63, 3.8) is 0 Å². The van der Waals surface area contributed by atoms with Crippen molar-refractivity contribution in [2.75, 3.05) is 13.1 Å². The van der Waals surface area contributed by atoms with Crippen LogP contribution in [0.25, 0.3) is 11.0 Å². The van der Waals surface area contributed by atoms with E-state index in [1.54, 1.807) is 11.2 Å². The molecule has 24 heavy (non-hydrogen) atoms. The monoisotopic (exact) mass is 331 g/mol. The Morgan fingerprint density at radius 1 is 1.33 bits per heavy atom.